The van der Waals surface area contributed by atoms with Crippen LogP contribution in [0.2, 0.25) is 0 Å². The van der Waals surface area contributed by atoms with E-state index in [1.165, 1.54) is 0 Å². The highest BCUT2D eigenvalue weighted by atomic mass is 16.3. The van der Waals surface area contributed by atoms with Gasteiger partial charge >= 0.3 is 0 Å². The average Bonchev–Trinajstić information content (AvgIpc) is 2.87. The normalized spacial score (nSPS) is 22.4. The summed E-state index contributed by atoms with van der Waals surface area (Å²) in [5.74, 6) is -0.0295. The van der Waals surface area contributed by atoms with Crippen LogP contribution in [0.15, 0.2) is 6.07 Å². The number of likely N-dealkylation sites (N-methyl/N-ethyl adjacent to an activating group) is 1. The number of hydrogen-bond donors (Lipinski definition) is 2. The Labute approximate surface area is 138 Å². The Bertz CT molecular complexity index is 514. The number of carbonyl (C=O) groups is 1. The number of aryl methyl sites for hydroxylation is 1. The first-order chi connectivity index (χ1) is 10.9. The van der Waals surface area contributed by atoms with Gasteiger partial charge in [-0.1, -0.05) is 13.3 Å². The van der Waals surface area contributed by atoms with Gasteiger partial charge in [-0.25, -0.2) is 0 Å². The minimum absolute atomic E-state index is 0.0295. The van der Waals surface area contributed by atoms with Crippen molar-refractivity contribution in [2.24, 2.45) is 0 Å². The van der Waals surface area contributed by atoms with Gasteiger partial charge in [-0.15, -0.1) is 0 Å². The largest absolute Gasteiger partial charge is 0.388 e. The van der Waals surface area contributed by atoms with Gasteiger partial charge in [0, 0.05) is 25.3 Å². The molecule has 2 heterocycles. The molecule has 6 nitrogen and oxygen atoms in total. The number of aliphatic hydroxyl groups is 1. The lowest BCUT2D eigenvalue weighted by molar-refractivity contribution is 0.00303. The van der Waals surface area contributed by atoms with Gasteiger partial charge in [0.15, 0.2) is 0 Å². The molecule has 1 fully saturated rings. The van der Waals surface area contributed by atoms with Crippen molar-refractivity contribution in [1.29, 1.82) is 0 Å². The predicted octanol–water partition coefficient (Wildman–Crippen LogP) is 1.67. The van der Waals surface area contributed by atoms with Gasteiger partial charge in [0.1, 0.15) is 5.69 Å². The molecule has 23 heavy (non-hydrogen) atoms. The van der Waals surface area contributed by atoms with Gasteiger partial charge < -0.3 is 14.9 Å². The number of likely N-dealkylation sites (tertiary alicyclic amines) is 1. The Morgan fingerprint density at radius 2 is 2.22 bits per heavy atom. The maximum Gasteiger partial charge on any atom is 0.274 e. The van der Waals surface area contributed by atoms with Crippen LogP contribution in [0, 0.1) is 0 Å². The Hall–Kier alpha value is -1.40. The third-order valence-electron chi connectivity index (χ3n) is 4.46. The Balaban J connectivity index is 1.96. The van der Waals surface area contributed by atoms with Crippen LogP contribution >= 0.6 is 0 Å². The summed E-state index contributed by atoms with van der Waals surface area (Å²) in [6.07, 6.45) is 5.32. The van der Waals surface area contributed by atoms with E-state index in [-0.39, 0.29) is 5.91 Å². The van der Waals surface area contributed by atoms with Gasteiger partial charge in [0.25, 0.3) is 5.91 Å². The zero-order valence-electron chi connectivity index (χ0n) is 14.6. The molecule has 2 rings (SSSR count). The van der Waals surface area contributed by atoms with Gasteiger partial charge in [0.05, 0.1) is 5.60 Å². The molecular weight excluding hydrogens is 292 g/mol. The standard InChI is InChI=1S/C17H30N4O2/c1-4-5-7-14-12-15(19-18-14)16(22)21-10-6-8-17(23,9-11-21)13-20(2)3/h12,23H,4-11,13H2,1-3H3,(H,18,19). The molecule has 1 aliphatic heterocycles. The molecule has 6 heteroatoms. The van der Waals surface area contributed by atoms with Crippen molar-refractivity contribution in [3.63, 3.8) is 0 Å². The maximum atomic E-state index is 12.6. The molecule has 1 aliphatic rings. The first-order valence-electron chi connectivity index (χ1n) is 8.64. The first kappa shape index (κ1) is 17.9. The molecule has 130 valence electrons. The van der Waals surface area contributed by atoms with Gasteiger partial charge in [0.2, 0.25) is 0 Å². The van der Waals surface area contributed by atoms with E-state index in [1.54, 1.807) is 0 Å². The molecule has 0 radical (unpaired) electrons. The zero-order valence-corrected chi connectivity index (χ0v) is 14.6. The highest BCUT2D eigenvalue weighted by Gasteiger charge is 2.32. The number of carbonyl (C=O) groups excluding carboxylic acids is 1. The number of nitrogens with one attached hydrogen (secondary N) is 1. The highest BCUT2D eigenvalue weighted by Crippen LogP contribution is 2.24. The van der Waals surface area contributed by atoms with E-state index >= 15 is 0 Å². The van der Waals surface area contributed by atoms with Crippen LogP contribution in [-0.2, 0) is 6.42 Å². The second-order valence-corrected chi connectivity index (χ2v) is 6.99. The van der Waals surface area contributed by atoms with E-state index in [2.05, 4.69) is 17.1 Å². The zero-order chi connectivity index (χ0) is 16.9. The number of aromatic amines is 1. The Kier molecular flexibility index (Phi) is 6.18. The second kappa shape index (κ2) is 7.93. The molecule has 1 saturated heterocycles. The molecule has 2 N–H and O–H groups in total. The topological polar surface area (TPSA) is 72.5 Å². The number of unbranched alkanes of at least 4 members (excludes halogenated alkanes) is 1. The predicted molar refractivity (Wildman–Crippen MR) is 90.5 cm³/mol. The molecule has 1 atom stereocenters. The van der Waals surface area contributed by atoms with Gasteiger partial charge in [-0.05, 0) is 52.3 Å². The number of nitrogens with zero attached hydrogens (tertiary/aromatic N) is 3. The van der Waals surface area contributed by atoms with Crippen LogP contribution in [0.1, 0.15) is 55.2 Å². The number of rotatable bonds is 6. The fraction of sp³-hybridized carbons (Fsp3) is 0.765. The van der Waals surface area contributed by atoms with Crippen molar-refractivity contribution in [1.82, 2.24) is 20.0 Å². The molecule has 0 bridgehead atoms. The van der Waals surface area contributed by atoms with E-state index in [4.69, 9.17) is 0 Å². The lowest BCUT2D eigenvalue weighted by atomic mass is 9.94. The average molecular weight is 322 g/mol. The van der Waals surface area contributed by atoms with Crippen molar-refractivity contribution in [3.05, 3.63) is 17.5 Å². The third kappa shape index (κ3) is 5.04. The monoisotopic (exact) mass is 322 g/mol. The molecule has 1 unspecified atom stereocenters. The molecule has 0 spiro atoms. The van der Waals surface area contributed by atoms with Crippen LogP contribution in [0.4, 0.5) is 0 Å². The number of hydrogen-bond acceptors (Lipinski definition) is 4. The molecular formula is C17H30N4O2. The van der Waals surface area contributed by atoms with Crippen molar-refractivity contribution in [2.45, 2.75) is 51.0 Å². The maximum absolute atomic E-state index is 12.6. The van der Waals surface area contributed by atoms with E-state index in [0.29, 0.717) is 31.7 Å². The molecule has 1 aromatic rings. The minimum Gasteiger partial charge on any atom is -0.388 e. The third-order valence-corrected chi connectivity index (χ3v) is 4.46. The lowest BCUT2D eigenvalue weighted by Gasteiger charge is -2.29. The Morgan fingerprint density at radius 3 is 2.91 bits per heavy atom. The fourth-order valence-electron chi connectivity index (χ4n) is 3.26. The van der Waals surface area contributed by atoms with Crippen molar-refractivity contribution in [3.8, 4) is 0 Å². The summed E-state index contributed by atoms with van der Waals surface area (Å²) in [4.78, 5) is 16.5. The van der Waals surface area contributed by atoms with Crippen LogP contribution in [-0.4, -0.2) is 70.3 Å². The van der Waals surface area contributed by atoms with Crippen molar-refractivity contribution >= 4 is 5.91 Å². The van der Waals surface area contributed by atoms with Gasteiger partial charge in [-0.3, -0.25) is 9.89 Å². The van der Waals surface area contributed by atoms with Crippen LogP contribution in [0.5, 0.6) is 0 Å². The summed E-state index contributed by atoms with van der Waals surface area (Å²) in [6, 6.07) is 1.87. The summed E-state index contributed by atoms with van der Waals surface area (Å²) in [6.45, 7) is 4.05. The fourth-order valence-corrected chi connectivity index (χ4v) is 3.26. The number of aromatic nitrogens is 2. The second-order valence-electron chi connectivity index (χ2n) is 6.99. The molecule has 1 amide bonds. The summed E-state index contributed by atoms with van der Waals surface area (Å²) >= 11 is 0. The van der Waals surface area contributed by atoms with Crippen molar-refractivity contribution in [2.75, 3.05) is 33.7 Å². The van der Waals surface area contributed by atoms with Gasteiger partial charge in [-0.2, -0.15) is 5.10 Å². The summed E-state index contributed by atoms with van der Waals surface area (Å²) < 4.78 is 0. The van der Waals surface area contributed by atoms with Crippen molar-refractivity contribution < 1.29 is 9.90 Å². The first-order valence-corrected chi connectivity index (χ1v) is 8.64. The van der Waals surface area contributed by atoms with Crippen LogP contribution in [0.25, 0.3) is 0 Å². The Morgan fingerprint density at radius 1 is 1.43 bits per heavy atom. The minimum atomic E-state index is -0.698. The molecule has 1 aromatic heterocycles. The highest BCUT2D eigenvalue weighted by molar-refractivity contribution is 5.92. The summed E-state index contributed by atoms with van der Waals surface area (Å²) in [5.41, 5.74) is 0.819. The summed E-state index contributed by atoms with van der Waals surface area (Å²) in [5, 5.41) is 17.8. The van der Waals surface area contributed by atoms with Crippen LogP contribution in [0.3, 0.4) is 0 Å². The van der Waals surface area contributed by atoms with E-state index < -0.39 is 5.60 Å². The van der Waals surface area contributed by atoms with E-state index in [1.807, 2.05) is 30.0 Å². The quantitative estimate of drug-likeness (QED) is 0.836. The molecule has 0 aromatic carbocycles. The lowest BCUT2D eigenvalue weighted by Crippen LogP contribution is -2.41. The van der Waals surface area contributed by atoms with E-state index in [9.17, 15) is 9.90 Å². The van der Waals surface area contributed by atoms with Crippen LogP contribution < -0.4 is 0 Å². The SMILES string of the molecule is CCCCc1cc(C(=O)N2CCCC(O)(CN(C)C)CC2)n[nH]1. The summed E-state index contributed by atoms with van der Waals surface area (Å²) in [7, 11) is 3.93. The molecule has 0 saturated carbocycles. The number of H-pyrrole nitrogens is 1. The van der Waals surface area contributed by atoms with E-state index in [0.717, 1.165) is 37.8 Å². The number of amides is 1. The smallest absolute Gasteiger partial charge is 0.274 e. The molecule has 0 aliphatic carbocycles.